The summed E-state index contributed by atoms with van der Waals surface area (Å²) in [7, 11) is 1.53. The zero-order valence-corrected chi connectivity index (χ0v) is 17.5. The molecule has 2 heterocycles. The molecule has 0 aliphatic heterocycles. The number of ether oxygens (including phenoxy) is 2. The molecule has 0 saturated heterocycles. The normalized spacial score (nSPS) is 14.7. The number of fused-ring (bicyclic) bond motifs is 1. The fourth-order valence-electron chi connectivity index (χ4n) is 3.53. The summed E-state index contributed by atoms with van der Waals surface area (Å²) in [5, 5.41) is 2.96. The highest BCUT2D eigenvalue weighted by Gasteiger charge is 2.37. The molecule has 1 aliphatic carbocycles. The average molecular weight is 449 g/mol. The lowest BCUT2D eigenvalue weighted by atomic mass is 10.1. The van der Waals surface area contributed by atoms with E-state index in [9.17, 15) is 18.0 Å². The molecular formula is C21H22F3N5O3. The number of aryl methyl sites for hydroxylation is 1. The molecule has 3 aromatic rings. The van der Waals surface area contributed by atoms with Crippen LogP contribution in [0.15, 0.2) is 24.5 Å². The van der Waals surface area contributed by atoms with Gasteiger partial charge >= 0.3 is 6.61 Å². The van der Waals surface area contributed by atoms with Crippen LogP contribution in [0.4, 0.5) is 13.2 Å². The van der Waals surface area contributed by atoms with E-state index < -0.39 is 30.1 Å². The molecule has 2 aromatic heterocycles. The third kappa shape index (κ3) is 4.67. The smallest absolute Gasteiger partial charge is 0.387 e. The highest BCUT2D eigenvalue weighted by Crippen LogP contribution is 2.42. The number of hydrogen-bond acceptors (Lipinski definition) is 6. The van der Waals surface area contributed by atoms with Crippen molar-refractivity contribution in [2.24, 2.45) is 5.92 Å². The second-order valence-electron chi connectivity index (χ2n) is 7.60. The van der Waals surface area contributed by atoms with Crippen molar-refractivity contribution >= 4 is 16.9 Å². The first-order chi connectivity index (χ1) is 15.4. The lowest BCUT2D eigenvalue weighted by Crippen LogP contribution is -2.32. The molecule has 0 unspecified atom stereocenters. The lowest BCUT2D eigenvalue weighted by molar-refractivity contribution is -0.0520. The van der Waals surface area contributed by atoms with Crippen LogP contribution >= 0.6 is 0 Å². The van der Waals surface area contributed by atoms with Crippen LogP contribution in [0, 0.1) is 18.7 Å². The van der Waals surface area contributed by atoms with Crippen LogP contribution in [0.3, 0.4) is 0 Å². The fourth-order valence-corrected chi connectivity index (χ4v) is 3.53. The van der Waals surface area contributed by atoms with Gasteiger partial charge in [-0.15, -0.1) is 0 Å². The predicted octanol–water partition coefficient (Wildman–Crippen LogP) is 3.40. The summed E-state index contributed by atoms with van der Waals surface area (Å²) >= 11 is 0. The number of amides is 1. The number of rotatable bonds is 9. The molecule has 32 heavy (non-hydrogen) atoms. The van der Waals surface area contributed by atoms with Crippen molar-refractivity contribution in [3.63, 3.8) is 0 Å². The number of nitrogens with one attached hydrogen (secondary N) is 1. The molecule has 1 aliphatic rings. The molecule has 1 atom stereocenters. The second kappa shape index (κ2) is 9.11. The highest BCUT2D eigenvalue weighted by molar-refractivity contribution is 5.92. The van der Waals surface area contributed by atoms with Crippen molar-refractivity contribution in [2.45, 2.75) is 39.0 Å². The van der Waals surface area contributed by atoms with E-state index in [4.69, 9.17) is 4.74 Å². The van der Waals surface area contributed by atoms with E-state index in [0.29, 0.717) is 30.2 Å². The van der Waals surface area contributed by atoms with E-state index in [1.807, 2.05) is 0 Å². The largest absolute Gasteiger partial charge is 0.432 e. The van der Waals surface area contributed by atoms with E-state index in [2.05, 4.69) is 25.0 Å². The van der Waals surface area contributed by atoms with Gasteiger partial charge in [0, 0.05) is 32.0 Å². The Bertz CT molecular complexity index is 1120. The number of imidazole rings is 1. The molecule has 8 nitrogen and oxygen atoms in total. The van der Waals surface area contributed by atoms with Crippen molar-refractivity contribution in [3.05, 3.63) is 47.6 Å². The monoisotopic (exact) mass is 449 g/mol. The standard InChI is InChI=1S/C21H22F3N5O3/c1-11-9-26-15(10-25-11)20(30)28-18(12-3-4-12)19-27-14-8-17(32-21(23)24)13(22)7-16(14)29(19)5-6-31-2/h7-10,12,18,21H,3-6H2,1-2H3,(H,28,30)/t18-/m0/s1. The molecule has 1 N–H and O–H groups in total. The van der Waals surface area contributed by atoms with E-state index in [-0.39, 0.29) is 17.1 Å². The Labute approximate surface area is 181 Å². The van der Waals surface area contributed by atoms with Gasteiger partial charge in [-0.25, -0.2) is 14.4 Å². The van der Waals surface area contributed by atoms with Gasteiger partial charge in [0.1, 0.15) is 11.5 Å². The van der Waals surface area contributed by atoms with Crippen molar-refractivity contribution in [1.82, 2.24) is 24.8 Å². The Morgan fingerprint density at radius 1 is 1.28 bits per heavy atom. The van der Waals surface area contributed by atoms with Gasteiger partial charge in [-0.2, -0.15) is 8.78 Å². The quantitative estimate of drug-likeness (QED) is 0.539. The van der Waals surface area contributed by atoms with E-state index in [0.717, 1.165) is 25.0 Å². The van der Waals surface area contributed by atoms with Crippen LogP contribution < -0.4 is 10.1 Å². The average Bonchev–Trinajstić information content (AvgIpc) is 3.54. The van der Waals surface area contributed by atoms with Crippen LogP contribution in [0.5, 0.6) is 5.75 Å². The van der Waals surface area contributed by atoms with Crippen LogP contribution in [0.2, 0.25) is 0 Å². The summed E-state index contributed by atoms with van der Waals surface area (Å²) in [5.74, 6) is -1.30. The molecule has 4 rings (SSSR count). The van der Waals surface area contributed by atoms with Gasteiger partial charge in [0.2, 0.25) is 0 Å². The predicted molar refractivity (Wildman–Crippen MR) is 108 cm³/mol. The Kier molecular flexibility index (Phi) is 6.26. The number of alkyl halides is 2. The van der Waals surface area contributed by atoms with Gasteiger partial charge in [-0.1, -0.05) is 0 Å². The number of carbonyl (C=O) groups excluding carboxylic acids is 1. The molecular weight excluding hydrogens is 427 g/mol. The number of hydrogen-bond donors (Lipinski definition) is 1. The lowest BCUT2D eigenvalue weighted by Gasteiger charge is -2.19. The minimum atomic E-state index is -3.16. The van der Waals surface area contributed by atoms with Gasteiger partial charge in [0.05, 0.1) is 35.6 Å². The minimum Gasteiger partial charge on any atom is -0.432 e. The molecule has 1 fully saturated rings. The minimum absolute atomic E-state index is 0.136. The maximum Gasteiger partial charge on any atom is 0.387 e. The number of nitrogens with zero attached hydrogens (tertiary/aromatic N) is 4. The Morgan fingerprint density at radius 3 is 2.69 bits per heavy atom. The van der Waals surface area contributed by atoms with Gasteiger partial charge in [0.25, 0.3) is 5.91 Å². The molecule has 1 amide bonds. The van der Waals surface area contributed by atoms with Crippen LogP contribution in [-0.4, -0.2) is 45.8 Å². The highest BCUT2D eigenvalue weighted by atomic mass is 19.3. The summed E-state index contributed by atoms with van der Waals surface area (Å²) in [6, 6.07) is 1.77. The van der Waals surface area contributed by atoms with Crippen molar-refractivity contribution in [3.8, 4) is 5.75 Å². The number of carbonyl (C=O) groups is 1. The number of methoxy groups -OCH3 is 1. The van der Waals surface area contributed by atoms with Gasteiger partial charge in [0.15, 0.2) is 11.6 Å². The van der Waals surface area contributed by atoms with E-state index in [1.54, 1.807) is 11.5 Å². The molecule has 170 valence electrons. The van der Waals surface area contributed by atoms with Gasteiger partial charge in [-0.3, -0.25) is 9.78 Å². The van der Waals surface area contributed by atoms with Crippen molar-refractivity contribution < 1.29 is 27.4 Å². The van der Waals surface area contributed by atoms with Gasteiger partial charge < -0.3 is 19.4 Å². The Morgan fingerprint density at radius 2 is 2.06 bits per heavy atom. The summed E-state index contributed by atoms with van der Waals surface area (Å²) < 4.78 is 50.9. The van der Waals surface area contributed by atoms with E-state index >= 15 is 0 Å². The first-order valence-electron chi connectivity index (χ1n) is 10.1. The zero-order valence-electron chi connectivity index (χ0n) is 17.5. The SMILES string of the molecule is COCCn1c([C@@H](NC(=O)c2cnc(C)cn2)C2CC2)nc2cc(OC(F)F)c(F)cc21. The maximum atomic E-state index is 14.4. The summed E-state index contributed by atoms with van der Waals surface area (Å²) in [5.41, 5.74) is 1.53. The molecule has 0 spiro atoms. The summed E-state index contributed by atoms with van der Waals surface area (Å²) in [4.78, 5) is 25.6. The molecule has 0 radical (unpaired) electrons. The zero-order chi connectivity index (χ0) is 22.8. The Hall–Kier alpha value is -3.21. The number of aromatic nitrogens is 4. The van der Waals surface area contributed by atoms with Crippen molar-refractivity contribution in [2.75, 3.05) is 13.7 Å². The Balaban J connectivity index is 1.73. The maximum absolute atomic E-state index is 14.4. The fraction of sp³-hybridized carbons (Fsp3) is 0.429. The van der Waals surface area contributed by atoms with E-state index in [1.165, 1.54) is 19.5 Å². The first kappa shape index (κ1) is 22.0. The topological polar surface area (TPSA) is 91.2 Å². The first-order valence-corrected chi connectivity index (χ1v) is 10.1. The summed E-state index contributed by atoms with van der Waals surface area (Å²) in [6.45, 7) is -0.749. The molecule has 0 bridgehead atoms. The third-order valence-electron chi connectivity index (χ3n) is 5.24. The third-order valence-corrected chi connectivity index (χ3v) is 5.24. The van der Waals surface area contributed by atoms with Crippen LogP contribution in [0.1, 0.15) is 40.9 Å². The number of benzene rings is 1. The van der Waals surface area contributed by atoms with Crippen LogP contribution in [0.25, 0.3) is 11.0 Å². The molecule has 1 saturated carbocycles. The summed E-state index contributed by atoms with van der Waals surface area (Å²) in [6.07, 6.45) is 4.66. The number of halogens is 3. The van der Waals surface area contributed by atoms with Gasteiger partial charge in [-0.05, 0) is 25.7 Å². The molecule has 11 heteroatoms. The molecule has 1 aromatic carbocycles. The second-order valence-corrected chi connectivity index (χ2v) is 7.60. The van der Waals surface area contributed by atoms with Crippen LogP contribution in [-0.2, 0) is 11.3 Å². The van der Waals surface area contributed by atoms with Crippen molar-refractivity contribution in [1.29, 1.82) is 0 Å².